The summed E-state index contributed by atoms with van der Waals surface area (Å²) in [4.78, 5) is 14.9. The van der Waals surface area contributed by atoms with Crippen molar-refractivity contribution in [2.75, 3.05) is 26.7 Å². The van der Waals surface area contributed by atoms with Crippen molar-refractivity contribution in [2.45, 2.75) is 65.3 Å². The van der Waals surface area contributed by atoms with Crippen LogP contribution in [0.4, 0.5) is 0 Å². The first kappa shape index (κ1) is 22.0. The highest BCUT2D eigenvalue weighted by molar-refractivity contribution is 5.92. The van der Waals surface area contributed by atoms with Crippen molar-refractivity contribution in [3.8, 4) is 0 Å². The first-order valence-electron chi connectivity index (χ1n) is 9.28. The van der Waals surface area contributed by atoms with E-state index in [-0.39, 0.29) is 23.9 Å². The summed E-state index contributed by atoms with van der Waals surface area (Å²) in [5.41, 5.74) is 1.62. The van der Waals surface area contributed by atoms with E-state index in [9.17, 15) is 4.79 Å². The van der Waals surface area contributed by atoms with Crippen LogP contribution < -0.4 is 5.32 Å². The quantitative estimate of drug-likeness (QED) is 0.860. The van der Waals surface area contributed by atoms with Crippen LogP contribution in [0.5, 0.6) is 0 Å². The van der Waals surface area contributed by atoms with Gasteiger partial charge in [-0.05, 0) is 71.5 Å². The molecule has 2 rings (SSSR count). The number of likely N-dealkylation sites (tertiary alicyclic amines) is 1. The zero-order valence-electron chi connectivity index (χ0n) is 16.6. The van der Waals surface area contributed by atoms with Gasteiger partial charge in [0.05, 0.1) is 5.54 Å². The van der Waals surface area contributed by atoms with Gasteiger partial charge in [-0.2, -0.15) is 5.10 Å². The summed E-state index contributed by atoms with van der Waals surface area (Å²) in [5.74, 6) is 1.18. The Kier molecular flexibility index (Phi) is 7.94. The molecule has 25 heavy (non-hydrogen) atoms. The summed E-state index contributed by atoms with van der Waals surface area (Å²) in [5, 5.41) is 7.88. The number of nitrogens with zero attached hydrogens (tertiary/aromatic N) is 3. The molecule has 0 unspecified atom stereocenters. The Hall–Kier alpha value is -1.07. The van der Waals surface area contributed by atoms with Crippen LogP contribution in [-0.2, 0) is 5.54 Å². The average Bonchev–Trinajstić information content (AvgIpc) is 2.98. The van der Waals surface area contributed by atoms with Gasteiger partial charge in [0.25, 0.3) is 5.91 Å². The molecular formula is C19H35ClN4O. The molecule has 0 saturated carbocycles. The zero-order valence-corrected chi connectivity index (χ0v) is 17.4. The molecular weight excluding hydrogens is 336 g/mol. The number of carbonyl (C=O) groups excluding carboxylic acids is 1. The molecule has 1 saturated heterocycles. The molecule has 0 aromatic carbocycles. The monoisotopic (exact) mass is 370 g/mol. The van der Waals surface area contributed by atoms with E-state index in [0.29, 0.717) is 11.6 Å². The highest BCUT2D eigenvalue weighted by Crippen LogP contribution is 2.26. The molecule has 0 atom stereocenters. The SMILES string of the molecule is CNCCC1CCN(C(=O)c2cc(C(C)C)n(C(C)(C)C)n2)CC1.Cl. The molecule has 2 heterocycles. The van der Waals surface area contributed by atoms with Crippen molar-refractivity contribution in [3.63, 3.8) is 0 Å². The maximum absolute atomic E-state index is 12.9. The first-order chi connectivity index (χ1) is 11.2. The van der Waals surface area contributed by atoms with Gasteiger partial charge >= 0.3 is 0 Å². The normalized spacial score (nSPS) is 16.2. The van der Waals surface area contributed by atoms with Crippen LogP contribution >= 0.6 is 12.4 Å². The van der Waals surface area contributed by atoms with Crippen molar-refractivity contribution < 1.29 is 4.79 Å². The minimum atomic E-state index is -0.113. The number of hydrogen-bond acceptors (Lipinski definition) is 3. The van der Waals surface area contributed by atoms with Gasteiger partial charge in [0.15, 0.2) is 5.69 Å². The number of hydrogen-bond donors (Lipinski definition) is 1. The topological polar surface area (TPSA) is 50.2 Å². The fourth-order valence-electron chi connectivity index (χ4n) is 3.38. The molecule has 1 aromatic heterocycles. The molecule has 0 bridgehead atoms. The van der Waals surface area contributed by atoms with E-state index in [2.05, 4.69) is 45.0 Å². The number of rotatable bonds is 5. The smallest absolute Gasteiger partial charge is 0.274 e. The van der Waals surface area contributed by atoms with Gasteiger partial charge in [0.1, 0.15) is 0 Å². The van der Waals surface area contributed by atoms with Crippen molar-refractivity contribution in [1.82, 2.24) is 20.0 Å². The molecule has 0 radical (unpaired) electrons. The molecule has 0 spiro atoms. The van der Waals surface area contributed by atoms with Crippen LogP contribution in [0.3, 0.4) is 0 Å². The van der Waals surface area contributed by atoms with Gasteiger partial charge in [0.2, 0.25) is 0 Å². The largest absolute Gasteiger partial charge is 0.337 e. The Morgan fingerprint density at radius 2 is 1.92 bits per heavy atom. The lowest BCUT2D eigenvalue weighted by molar-refractivity contribution is 0.0679. The van der Waals surface area contributed by atoms with E-state index >= 15 is 0 Å². The minimum Gasteiger partial charge on any atom is -0.337 e. The molecule has 1 aliphatic rings. The third-order valence-electron chi connectivity index (χ3n) is 4.89. The Balaban J connectivity index is 0.00000312. The number of piperidine rings is 1. The third-order valence-corrected chi connectivity index (χ3v) is 4.89. The number of amides is 1. The summed E-state index contributed by atoms with van der Waals surface area (Å²) in [6.07, 6.45) is 3.41. The molecule has 1 fully saturated rings. The second-order valence-corrected chi connectivity index (χ2v) is 8.32. The summed E-state index contributed by atoms with van der Waals surface area (Å²) in [6.45, 7) is 13.5. The van der Waals surface area contributed by atoms with Gasteiger partial charge in [-0.15, -0.1) is 12.4 Å². The predicted molar refractivity (Wildman–Crippen MR) is 106 cm³/mol. The number of halogens is 1. The Morgan fingerprint density at radius 1 is 1.32 bits per heavy atom. The zero-order chi connectivity index (χ0) is 17.9. The number of nitrogens with one attached hydrogen (secondary N) is 1. The maximum atomic E-state index is 12.9. The Bertz CT molecular complexity index is 554. The maximum Gasteiger partial charge on any atom is 0.274 e. The number of carbonyl (C=O) groups is 1. The molecule has 1 aliphatic heterocycles. The summed E-state index contributed by atoms with van der Waals surface area (Å²) in [7, 11) is 2.00. The van der Waals surface area contributed by atoms with Gasteiger partial charge < -0.3 is 10.2 Å². The highest BCUT2D eigenvalue weighted by Gasteiger charge is 2.28. The van der Waals surface area contributed by atoms with Crippen LogP contribution in [0, 0.1) is 5.92 Å². The fourth-order valence-corrected chi connectivity index (χ4v) is 3.38. The van der Waals surface area contributed by atoms with E-state index in [0.717, 1.165) is 44.1 Å². The lowest BCUT2D eigenvalue weighted by Crippen LogP contribution is -2.39. The summed E-state index contributed by atoms with van der Waals surface area (Å²) >= 11 is 0. The van der Waals surface area contributed by atoms with Crippen molar-refractivity contribution >= 4 is 18.3 Å². The van der Waals surface area contributed by atoms with E-state index in [4.69, 9.17) is 0 Å². The van der Waals surface area contributed by atoms with Crippen LogP contribution in [0.25, 0.3) is 0 Å². The highest BCUT2D eigenvalue weighted by atomic mass is 35.5. The van der Waals surface area contributed by atoms with Crippen molar-refractivity contribution in [1.29, 1.82) is 0 Å². The standard InChI is InChI=1S/C19H34N4O.ClH/c1-14(2)17-13-16(21-23(17)19(3,4)5)18(24)22-11-8-15(9-12-22)7-10-20-6;/h13-15,20H,7-12H2,1-6H3;1H. The van der Waals surface area contributed by atoms with Gasteiger partial charge in [-0.3, -0.25) is 9.48 Å². The molecule has 1 amide bonds. The van der Waals surface area contributed by atoms with Crippen molar-refractivity contribution in [2.24, 2.45) is 5.92 Å². The van der Waals surface area contributed by atoms with E-state index in [1.165, 1.54) is 6.42 Å². The third kappa shape index (κ3) is 5.45. The summed E-state index contributed by atoms with van der Waals surface area (Å²) < 4.78 is 2.02. The Morgan fingerprint density at radius 3 is 2.36 bits per heavy atom. The lowest BCUT2D eigenvalue weighted by atomic mass is 9.93. The van der Waals surface area contributed by atoms with Crippen LogP contribution in [-0.4, -0.2) is 47.3 Å². The predicted octanol–water partition coefficient (Wildman–Crippen LogP) is 3.65. The van der Waals surface area contributed by atoms with Crippen LogP contribution in [0.1, 0.15) is 76.0 Å². The molecule has 6 heteroatoms. The van der Waals surface area contributed by atoms with E-state index in [1.807, 2.05) is 22.7 Å². The van der Waals surface area contributed by atoms with Crippen molar-refractivity contribution in [3.05, 3.63) is 17.5 Å². The Labute approximate surface area is 158 Å². The molecule has 1 aromatic rings. The molecule has 0 aliphatic carbocycles. The minimum absolute atomic E-state index is 0. The van der Waals surface area contributed by atoms with Gasteiger partial charge in [0, 0.05) is 18.8 Å². The molecule has 1 N–H and O–H groups in total. The first-order valence-corrected chi connectivity index (χ1v) is 9.28. The summed E-state index contributed by atoms with van der Waals surface area (Å²) in [6, 6.07) is 1.99. The average molecular weight is 371 g/mol. The van der Waals surface area contributed by atoms with Gasteiger partial charge in [-0.25, -0.2) is 0 Å². The van der Waals surface area contributed by atoms with E-state index in [1.54, 1.807) is 0 Å². The van der Waals surface area contributed by atoms with Crippen LogP contribution in [0.15, 0.2) is 6.07 Å². The van der Waals surface area contributed by atoms with E-state index < -0.39 is 0 Å². The van der Waals surface area contributed by atoms with Gasteiger partial charge in [-0.1, -0.05) is 13.8 Å². The molecule has 5 nitrogen and oxygen atoms in total. The number of aromatic nitrogens is 2. The fraction of sp³-hybridized carbons (Fsp3) is 0.789. The van der Waals surface area contributed by atoms with Crippen LogP contribution in [0.2, 0.25) is 0 Å². The molecule has 144 valence electrons. The second-order valence-electron chi connectivity index (χ2n) is 8.32. The second kappa shape index (κ2) is 9.04. The lowest BCUT2D eigenvalue weighted by Gasteiger charge is -2.31.